The molecule has 25 heavy (non-hydrogen) atoms. The number of halogens is 2. The van der Waals surface area contributed by atoms with Crippen molar-refractivity contribution in [3.63, 3.8) is 0 Å². The Morgan fingerprint density at radius 2 is 1.68 bits per heavy atom. The largest absolute Gasteiger partial charge is 0.497 e. The second kappa shape index (κ2) is 9.10. The molecule has 2 rings (SSSR count). The summed E-state index contributed by atoms with van der Waals surface area (Å²) in [7, 11) is 4.54. The molecule has 0 spiro atoms. The Balaban J connectivity index is 2.30. The first-order valence-electron chi connectivity index (χ1n) is 7.37. The Labute approximate surface area is 163 Å². The minimum absolute atomic E-state index is 0.0929. The molecule has 0 fully saturated rings. The average Bonchev–Trinajstić information content (AvgIpc) is 2.62. The number of carbonyl (C=O) groups is 1. The lowest BCUT2D eigenvalue weighted by atomic mass is 10.1. The summed E-state index contributed by atoms with van der Waals surface area (Å²) in [5.41, 5.74) is 1.67. The van der Waals surface area contributed by atoms with E-state index < -0.39 is 0 Å². The van der Waals surface area contributed by atoms with Gasteiger partial charge in [0.2, 0.25) is 0 Å². The van der Waals surface area contributed by atoms with E-state index in [4.69, 9.17) is 18.9 Å². The van der Waals surface area contributed by atoms with E-state index in [1.54, 1.807) is 20.3 Å². The van der Waals surface area contributed by atoms with Crippen LogP contribution in [0.15, 0.2) is 39.3 Å². The summed E-state index contributed by atoms with van der Waals surface area (Å²) in [4.78, 5) is 11.7. The van der Waals surface area contributed by atoms with E-state index >= 15 is 0 Å². The van der Waals surface area contributed by atoms with Crippen molar-refractivity contribution in [2.24, 2.45) is 0 Å². The van der Waals surface area contributed by atoms with Crippen molar-refractivity contribution >= 4 is 37.8 Å². The van der Waals surface area contributed by atoms with Gasteiger partial charge in [0.1, 0.15) is 22.6 Å². The fraction of sp³-hybridized carbons (Fsp3) is 0.278. The molecule has 0 aliphatic rings. The molecule has 2 aromatic carbocycles. The SMILES string of the molecule is COC(=O)Cc1cc(Br)c(OC)c(Br)c1OCc1ccc(OC)cc1. The van der Waals surface area contributed by atoms with E-state index in [9.17, 15) is 4.79 Å². The van der Waals surface area contributed by atoms with Crippen LogP contribution < -0.4 is 14.2 Å². The van der Waals surface area contributed by atoms with E-state index in [2.05, 4.69) is 31.9 Å². The topological polar surface area (TPSA) is 54.0 Å². The van der Waals surface area contributed by atoms with Crippen LogP contribution in [0.25, 0.3) is 0 Å². The third kappa shape index (κ3) is 4.89. The molecule has 0 bridgehead atoms. The van der Waals surface area contributed by atoms with E-state index in [1.165, 1.54) is 7.11 Å². The maximum atomic E-state index is 11.7. The van der Waals surface area contributed by atoms with Gasteiger partial charge in [0.15, 0.2) is 5.75 Å². The molecule has 7 heteroatoms. The molecule has 0 aliphatic heterocycles. The van der Waals surface area contributed by atoms with Crippen molar-refractivity contribution in [1.82, 2.24) is 0 Å². The molecule has 0 aromatic heterocycles. The number of rotatable bonds is 7. The molecule has 0 radical (unpaired) electrons. The predicted octanol–water partition coefficient (Wildman–Crippen LogP) is 4.52. The summed E-state index contributed by atoms with van der Waals surface area (Å²) in [6.45, 7) is 0.335. The van der Waals surface area contributed by atoms with Gasteiger partial charge in [0, 0.05) is 5.56 Å². The van der Waals surface area contributed by atoms with Gasteiger partial charge in [-0.1, -0.05) is 12.1 Å². The van der Waals surface area contributed by atoms with Crippen LogP contribution in [-0.4, -0.2) is 27.3 Å². The third-order valence-electron chi connectivity index (χ3n) is 3.52. The highest BCUT2D eigenvalue weighted by atomic mass is 79.9. The van der Waals surface area contributed by atoms with Crippen LogP contribution in [0.3, 0.4) is 0 Å². The van der Waals surface area contributed by atoms with Crippen LogP contribution in [0.1, 0.15) is 11.1 Å². The van der Waals surface area contributed by atoms with E-state index in [0.29, 0.717) is 28.1 Å². The van der Waals surface area contributed by atoms with Crippen LogP contribution >= 0.6 is 31.9 Å². The zero-order valence-corrected chi connectivity index (χ0v) is 17.3. The lowest BCUT2D eigenvalue weighted by molar-refractivity contribution is -0.139. The Bertz CT molecular complexity index is 744. The zero-order valence-electron chi connectivity index (χ0n) is 14.1. The summed E-state index contributed by atoms with van der Waals surface area (Å²) >= 11 is 6.94. The van der Waals surface area contributed by atoms with Crippen molar-refractivity contribution in [3.8, 4) is 17.2 Å². The van der Waals surface area contributed by atoms with Crippen molar-refractivity contribution in [1.29, 1.82) is 0 Å². The minimum Gasteiger partial charge on any atom is -0.497 e. The highest BCUT2D eigenvalue weighted by Crippen LogP contribution is 2.43. The first-order valence-corrected chi connectivity index (χ1v) is 8.96. The monoisotopic (exact) mass is 472 g/mol. The molecule has 5 nitrogen and oxygen atoms in total. The van der Waals surface area contributed by atoms with Gasteiger partial charge >= 0.3 is 5.97 Å². The molecule has 134 valence electrons. The lowest BCUT2D eigenvalue weighted by Crippen LogP contribution is -2.08. The van der Waals surface area contributed by atoms with Gasteiger partial charge in [-0.3, -0.25) is 4.79 Å². The average molecular weight is 474 g/mol. The quantitative estimate of drug-likeness (QED) is 0.553. The molecule has 2 aromatic rings. The first-order chi connectivity index (χ1) is 12.0. The van der Waals surface area contributed by atoms with Gasteiger partial charge in [0.05, 0.1) is 32.2 Å². The van der Waals surface area contributed by atoms with Gasteiger partial charge in [0.25, 0.3) is 0 Å². The standard InChI is InChI=1S/C18H18Br2O5/c1-22-13-6-4-11(5-7-13)10-25-17-12(9-15(21)23-2)8-14(19)18(24-3)16(17)20/h4-8H,9-10H2,1-3H3. The van der Waals surface area contributed by atoms with E-state index in [1.807, 2.05) is 24.3 Å². The van der Waals surface area contributed by atoms with Crippen LogP contribution in [-0.2, 0) is 22.6 Å². The molecule has 0 saturated carbocycles. The van der Waals surface area contributed by atoms with E-state index in [-0.39, 0.29) is 12.4 Å². The number of methoxy groups -OCH3 is 3. The Hall–Kier alpha value is -1.73. The Morgan fingerprint density at radius 1 is 1.00 bits per heavy atom. The lowest BCUT2D eigenvalue weighted by Gasteiger charge is -2.17. The molecular weight excluding hydrogens is 456 g/mol. The molecule has 0 aliphatic carbocycles. The molecule has 0 N–H and O–H groups in total. The molecule has 0 atom stereocenters. The number of hydrogen-bond donors (Lipinski definition) is 0. The Morgan fingerprint density at radius 3 is 2.24 bits per heavy atom. The molecule has 0 unspecified atom stereocenters. The predicted molar refractivity (Wildman–Crippen MR) is 101 cm³/mol. The first kappa shape index (κ1) is 19.6. The normalized spacial score (nSPS) is 10.3. The second-order valence-corrected chi connectivity index (χ2v) is 6.73. The molecule has 0 saturated heterocycles. The third-order valence-corrected chi connectivity index (χ3v) is 4.83. The molecular formula is C18H18Br2O5. The fourth-order valence-corrected chi connectivity index (χ4v) is 3.86. The summed E-state index contributed by atoms with van der Waals surface area (Å²) in [5, 5.41) is 0. The van der Waals surface area contributed by atoms with Crippen LogP contribution in [0.5, 0.6) is 17.2 Å². The number of ether oxygens (including phenoxy) is 4. The summed E-state index contributed by atoms with van der Waals surface area (Å²) < 4.78 is 22.6. The second-order valence-electron chi connectivity index (χ2n) is 5.08. The highest BCUT2D eigenvalue weighted by molar-refractivity contribution is 9.11. The zero-order chi connectivity index (χ0) is 18.4. The van der Waals surface area contributed by atoms with Crippen molar-refractivity contribution in [2.45, 2.75) is 13.0 Å². The molecule has 0 amide bonds. The number of carbonyl (C=O) groups excluding carboxylic acids is 1. The van der Waals surface area contributed by atoms with Crippen LogP contribution in [0.2, 0.25) is 0 Å². The van der Waals surface area contributed by atoms with Gasteiger partial charge < -0.3 is 18.9 Å². The van der Waals surface area contributed by atoms with E-state index in [0.717, 1.165) is 15.8 Å². The van der Waals surface area contributed by atoms with Gasteiger partial charge in [-0.15, -0.1) is 0 Å². The molecule has 0 heterocycles. The van der Waals surface area contributed by atoms with Crippen molar-refractivity contribution in [2.75, 3.05) is 21.3 Å². The fourth-order valence-electron chi connectivity index (χ4n) is 2.21. The summed E-state index contributed by atoms with van der Waals surface area (Å²) in [6.07, 6.45) is 0.0929. The van der Waals surface area contributed by atoms with Gasteiger partial charge in [-0.25, -0.2) is 0 Å². The Kier molecular flexibility index (Phi) is 7.13. The summed E-state index contributed by atoms with van der Waals surface area (Å²) in [5.74, 6) is 1.57. The van der Waals surface area contributed by atoms with Gasteiger partial charge in [-0.2, -0.15) is 0 Å². The van der Waals surface area contributed by atoms with Crippen molar-refractivity contribution in [3.05, 3.63) is 50.4 Å². The van der Waals surface area contributed by atoms with Crippen LogP contribution in [0.4, 0.5) is 0 Å². The maximum Gasteiger partial charge on any atom is 0.310 e. The number of benzene rings is 2. The number of esters is 1. The number of hydrogen-bond acceptors (Lipinski definition) is 5. The smallest absolute Gasteiger partial charge is 0.310 e. The summed E-state index contributed by atoms with van der Waals surface area (Å²) in [6, 6.07) is 9.37. The van der Waals surface area contributed by atoms with Crippen LogP contribution in [0, 0.1) is 0 Å². The highest BCUT2D eigenvalue weighted by Gasteiger charge is 2.19. The van der Waals surface area contributed by atoms with Crippen molar-refractivity contribution < 1.29 is 23.7 Å². The minimum atomic E-state index is -0.349. The van der Waals surface area contributed by atoms with Gasteiger partial charge in [-0.05, 0) is 55.6 Å². The maximum absolute atomic E-state index is 11.7.